The first-order valence-corrected chi connectivity index (χ1v) is 54.9. The van der Waals surface area contributed by atoms with Gasteiger partial charge in [-0.1, -0.05) is 166 Å². The normalized spacial score (nSPS) is 26.5. The number of hydrogen-bond acceptors (Lipinski definition) is 12. The SMILES string of the molecule is CC(C)(C)CCN([C@@H]1CCCC[C@@H]1N(CCC(C)(C)C)C(C)(C)C)C(C)(C)C.CC(C)(C)NCC12CC3CC(C1)CC(CNC(C)(C)C)(C3)C2.CC(C)(C)NCCC12CC3CC(C1)CC(CNC(C)(C)C)(C3)C2.CC(C)NCc1ccc(CNC(C)(C)C)cc1.CN([C@@H](c1ccccc1)[C@H](c1ccccc1)N(C)C(C)(C)C)C(C)(C)C.CN([C@@H]1CCCC[C@@H]1N(C)C(C)(C)C)C(C)(C)C. The summed E-state index contributed by atoms with van der Waals surface area (Å²) in [5.74, 6) is 4.05. The molecule has 3 aromatic rings. The quantitative estimate of drug-likeness (QED) is 0.0439. The molecule has 8 bridgehead atoms. The fraction of sp³-hybridized carbons (Fsp3) is 0.852. The molecule has 8 atom stereocenters. The molecule has 776 valence electrons. The molecule has 0 aromatic heterocycles. The van der Waals surface area contributed by atoms with Gasteiger partial charge in [-0.2, -0.15) is 0 Å². The Bertz CT molecular complexity index is 3610. The summed E-state index contributed by atoms with van der Waals surface area (Å²) in [5, 5.41) is 22.2. The number of nitrogens with one attached hydrogen (secondary N) is 6. The summed E-state index contributed by atoms with van der Waals surface area (Å²) in [4.78, 5) is 16.0. The van der Waals surface area contributed by atoms with Gasteiger partial charge in [-0.3, -0.25) is 29.4 Å². The lowest BCUT2D eigenvalue weighted by Gasteiger charge is -2.63. The van der Waals surface area contributed by atoms with Gasteiger partial charge in [0.25, 0.3) is 0 Å². The van der Waals surface area contributed by atoms with Crippen LogP contribution in [0.25, 0.3) is 0 Å². The summed E-state index contributed by atoms with van der Waals surface area (Å²) in [5.41, 5.74) is 10.9. The molecule has 10 fully saturated rings. The summed E-state index contributed by atoms with van der Waals surface area (Å²) in [7, 11) is 9.12. The maximum Gasteiger partial charge on any atom is 0.0547 e. The third-order valence-corrected chi connectivity index (χ3v) is 32.2. The van der Waals surface area contributed by atoms with Crippen molar-refractivity contribution in [2.24, 2.45) is 56.2 Å². The highest BCUT2D eigenvalue weighted by atomic mass is 15.3. The molecule has 0 amide bonds. The Kier molecular flexibility index (Phi) is 42.8. The fourth-order valence-corrected chi connectivity index (χ4v) is 24.8. The van der Waals surface area contributed by atoms with Crippen molar-refractivity contribution >= 4 is 0 Å². The molecule has 134 heavy (non-hydrogen) atoms. The van der Waals surface area contributed by atoms with Crippen molar-refractivity contribution in [2.75, 3.05) is 67.5 Å². The van der Waals surface area contributed by atoms with Crippen LogP contribution in [0.2, 0.25) is 0 Å². The van der Waals surface area contributed by atoms with Crippen molar-refractivity contribution in [1.29, 1.82) is 0 Å². The third kappa shape index (κ3) is 40.4. The first-order chi connectivity index (χ1) is 60.8. The first-order valence-electron chi connectivity index (χ1n) is 54.9. The van der Waals surface area contributed by atoms with E-state index in [1.54, 1.807) is 0 Å². The van der Waals surface area contributed by atoms with Crippen LogP contribution < -0.4 is 31.9 Å². The van der Waals surface area contributed by atoms with Gasteiger partial charge in [0.15, 0.2) is 0 Å². The van der Waals surface area contributed by atoms with Gasteiger partial charge in [-0.05, 0) is 477 Å². The van der Waals surface area contributed by atoms with Crippen molar-refractivity contribution in [2.45, 2.75) is 548 Å². The summed E-state index contributed by atoms with van der Waals surface area (Å²) >= 11 is 0. The Morgan fingerprint density at radius 2 is 0.590 bits per heavy atom. The number of likely N-dealkylation sites (N-methyl/N-ethyl adjacent to an activating group) is 4. The van der Waals surface area contributed by atoms with E-state index in [1.165, 1.54) is 209 Å². The Morgan fingerprint density at radius 3 is 0.851 bits per heavy atom. The average Bonchev–Trinajstić information content (AvgIpc) is 0.724. The number of benzene rings is 3. The molecule has 12 nitrogen and oxygen atoms in total. The lowest BCUT2D eigenvalue weighted by atomic mass is 9.43. The standard InChI is InChI=1S/C26H54N2.C24H36N2.C21H40N2.C20H38N2.C16H34N2.C15H26N2/c1-23(2,3)17-19-27(25(7,8)9)21-15-13-14-16-22(21)28(26(10,11)12)20-18-24(4,5)6;1-23(2,3)25(7)21(19-15-11-9-12-16-19)22(26(8)24(4,5)6)20-17-13-10-14-18-20;1-18(2,3)22-8-7-20-10-16-9-17(11-20)13-21(12-16,14-20)15-23-19(4,5)6;1-17(2,3)21-13-19-8-15-7-16(9-19)11-20(10-15,12-19)14-22-18(4,5)6;1-15(2,3)17(7)13-11-9-10-12-14(13)18(8)16(4,5)6;1-12(2)16-10-13-6-8-14(9-7-13)11-17-15(3,4)5/h21-22H,13-20H2,1-12H3;9-18,21-22H,1-8H3;16-17,22-23H,7-15H2,1-6H3;15-16,21-22H,7-14H2,1-6H3;13-14H,9-12H2,1-8H3;6-9,12,16-17H,10-11H2,1-5H3/t21-,22+;21-,22-;;;13-,14+;/m.0..../s1. The van der Waals surface area contributed by atoms with Gasteiger partial charge >= 0.3 is 0 Å². The molecule has 13 rings (SSSR count). The van der Waals surface area contributed by atoms with Crippen LogP contribution in [0.3, 0.4) is 0 Å². The van der Waals surface area contributed by atoms with Crippen LogP contribution in [-0.4, -0.2) is 188 Å². The van der Waals surface area contributed by atoms with E-state index in [0.717, 1.165) is 36.8 Å². The predicted molar refractivity (Wildman–Crippen MR) is 591 cm³/mol. The van der Waals surface area contributed by atoms with Crippen LogP contribution in [0.1, 0.15) is 466 Å². The summed E-state index contributed by atoms with van der Waals surface area (Å²) in [6.45, 7) is 104. The molecular weight excluding hydrogens is 1630 g/mol. The Labute approximate surface area is 834 Å². The molecule has 0 saturated heterocycles. The molecule has 0 aliphatic heterocycles. The van der Waals surface area contributed by atoms with E-state index in [4.69, 9.17) is 0 Å². The zero-order valence-corrected chi connectivity index (χ0v) is 97.5. The highest BCUT2D eigenvalue weighted by Gasteiger charge is 2.59. The summed E-state index contributed by atoms with van der Waals surface area (Å²) < 4.78 is 0. The maximum atomic E-state index is 3.86. The van der Waals surface area contributed by atoms with Crippen LogP contribution in [0.5, 0.6) is 0 Å². The molecule has 3 aromatic carbocycles. The van der Waals surface area contributed by atoms with Crippen molar-refractivity contribution in [1.82, 2.24) is 61.3 Å². The van der Waals surface area contributed by atoms with Crippen LogP contribution in [0.15, 0.2) is 84.9 Å². The molecular formula is C122H228N12. The average molecular weight is 1860 g/mol. The minimum absolute atomic E-state index is 0.0618. The minimum atomic E-state index is 0.0618. The molecule has 0 spiro atoms. The van der Waals surface area contributed by atoms with E-state index < -0.39 is 0 Å². The Balaban J connectivity index is 0.000000249. The van der Waals surface area contributed by atoms with Gasteiger partial charge in [-0.15, -0.1) is 0 Å². The van der Waals surface area contributed by atoms with E-state index in [-0.39, 0.29) is 73.0 Å². The summed E-state index contributed by atoms with van der Waals surface area (Å²) in [6, 6.07) is 34.5. The Morgan fingerprint density at radius 1 is 0.313 bits per heavy atom. The predicted octanol–water partition coefficient (Wildman–Crippen LogP) is 29.2. The third-order valence-electron chi connectivity index (χ3n) is 32.2. The van der Waals surface area contributed by atoms with E-state index >= 15 is 0 Å². The number of nitrogens with zero attached hydrogens (tertiary/aromatic N) is 6. The van der Waals surface area contributed by atoms with Crippen molar-refractivity contribution in [3.63, 3.8) is 0 Å². The fourth-order valence-electron chi connectivity index (χ4n) is 24.8. The summed E-state index contributed by atoms with van der Waals surface area (Å²) in [6.07, 6.45) is 32.9. The molecule has 10 aliphatic rings. The zero-order valence-electron chi connectivity index (χ0n) is 97.5. The van der Waals surface area contributed by atoms with Crippen molar-refractivity contribution in [3.05, 3.63) is 107 Å². The highest BCUT2D eigenvalue weighted by Crippen LogP contribution is 2.67. The van der Waals surface area contributed by atoms with Crippen LogP contribution >= 0.6 is 0 Å². The van der Waals surface area contributed by atoms with Crippen LogP contribution in [-0.2, 0) is 13.1 Å². The molecule has 10 saturated carbocycles. The van der Waals surface area contributed by atoms with Gasteiger partial charge in [0.2, 0.25) is 0 Å². The second-order valence-corrected chi connectivity index (χ2v) is 59.6. The molecule has 10 aliphatic carbocycles. The lowest BCUT2D eigenvalue weighted by Crippen LogP contribution is -2.62. The lowest BCUT2D eigenvalue weighted by molar-refractivity contribution is -0.114. The van der Waals surface area contributed by atoms with E-state index in [2.05, 4.69) is 458 Å². The number of hydrogen-bond donors (Lipinski definition) is 6. The zero-order chi connectivity index (χ0) is 102. The van der Waals surface area contributed by atoms with Gasteiger partial charge in [0.1, 0.15) is 0 Å². The molecule has 6 N–H and O–H groups in total. The van der Waals surface area contributed by atoms with Crippen molar-refractivity contribution < 1.29 is 0 Å². The topological polar surface area (TPSA) is 91.6 Å². The molecule has 2 unspecified atom stereocenters. The smallest absolute Gasteiger partial charge is 0.0547 e. The molecule has 0 radical (unpaired) electrons. The monoisotopic (exact) mass is 1860 g/mol. The van der Waals surface area contributed by atoms with Gasteiger partial charge in [0, 0.05) is 124 Å². The van der Waals surface area contributed by atoms with Gasteiger partial charge in [0.05, 0.1) is 12.1 Å². The van der Waals surface area contributed by atoms with Crippen LogP contribution in [0.4, 0.5) is 0 Å². The Hall–Kier alpha value is -2.82. The largest absolute Gasteiger partial charge is 0.312 e. The highest BCUT2D eigenvalue weighted by molar-refractivity contribution is 5.30. The molecule has 0 heterocycles. The van der Waals surface area contributed by atoms with E-state index in [1.807, 2.05) is 0 Å². The maximum absolute atomic E-state index is 3.86. The van der Waals surface area contributed by atoms with E-state index in [0.29, 0.717) is 62.7 Å². The van der Waals surface area contributed by atoms with Crippen LogP contribution in [0, 0.1) is 56.2 Å². The second-order valence-electron chi connectivity index (χ2n) is 59.6. The second kappa shape index (κ2) is 47.8. The first kappa shape index (κ1) is 120. The van der Waals surface area contributed by atoms with Crippen molar-refractivity contribution in [3.8, 4) is 0 Å². The minimum Gasteiger partial charge on any atom is -0.312 e. The van der Waals surface area contributed by atoms with Gasteiger partial charge in [-0.25, -0.2) is 0 Å². The van der Waals surface area contributed by atoms with Gasteiger partial charge < -0.3 is 31.9 Å². The number of rotatable bonds is 27. The molecule has 12 heteroatoms. The van der Waals surface area contributed by atoms with E-state index in [9.17, 15) is 0 Å².